The number of amides is 1. The standard InChI is InChI=1S/C17H22N4O2/c1-11(2)10-23-17(22)21-15-7-5-14(6-8-15)20-16-18-12(3)9-13(4)19-16/h5-9,11H,10H2,1-4H3,(H,21,22)(H,18,19,20). The summed E-state index contributed by atoms with van der Waals surface area (Å²) in [5, 5.41) is 5.83. The summed E-state index contributed by atoms with van der Waals surface area (Å²) in [7, 11) is 0. The van der Waals surface area contributed by atoms with Crippen molar-refractivity contribution in [2.75, 3.05) is 17.2 Å². The third-order valence-corrected chi connectivity index (χ3v) is 2.92. The molecule has 0 radical (unpaired) electrons. The van der Waals surface area contributed by atoms with Gasteiger partial charge >= 0.3 is 6.09 Å². The Labute approximate surface area is 136 Å². The molecule has 2 aromatic rings. The minimum Gasteiger partial charge on any atom is -0.449 e. The molecule has 1 aromatic carbocycles. The number of benzene rings is 1. The van der Waals surface area contributed by atoms with Crippen LogP contribution >= 0.6 is 0 Å². The lowest BCUT2D eigenvalue weighted by Crippen LogP contribution is -2.16. The van der Waals surface area contributed by atoms with Gasteiger partial charge in [-0.15, -0.1) is 0 Å². The van der Waals surface area contributed by atoms with Crippen LogP contribution in [0.5, 0.6) is 0 Å². The van der Waals surface area contributed by atoms with Gasteiger partial charge in [0.15, 0.2) is 0 Å². The first-order chi connectivity index (χ1) is 10.9. The monoisotopic (exact) mass is 314 g/mol. The highest BCUT2D eigenvalue weighted by Gasteiger charge is 2.05. The molecule has 0 unspecified atom stereocenters. The number of aryl methyl sites for hydroxylation is 2. The Morgan fingerprint density at radius 1 is 1.09 bits per heavy atom. The lowest BCUT2D eigenvalue weighted by atomic mass is 10.2. The van der Waals surface area contributed by atoms with E-state index in [9.17, 15) is 4.79 Å². The number of hydrogen-bond donors (Lipinski definition) is 2. The highest BCUT2D eigenvalue weighted by molar-refractivity contribution is 5.84. The van der Waals surface area contributed by atoms with Gasteiger partial charge in [0.1, 0.15) is 0 Å². The van der Waals surface area contributed by atoms with Gasteiger partial charge in [-0.1, -0.05) is 13.8 Å². The van der Waals surface area contributed by atoms with Crippen molar-refractivity contribution in [2.45, 2.75) is 27.7 Å². The van der Waals surface area contributed by atoms with Crippen LogP contribution in [0.25, 0.3) is 0 Å². The maximum absolute atomic E-state index is 11.6. The fourth-order valence-corrected chi connectivity index (χ4v) is 1.94. The lowest BCUT2D eigenvalue weighted by molar-refractivity contribution is 0.147. The fourth-order valence-electron chi connectivity index (χ4n) is 1.94. The molecule has 122 valence electrons. The van der Waals surface area contributed by atoms with Crippen molar-refractivity contribution >= 4 is 23.4 Å². The van der Waals surface area contributed by atoms with Gasteiger partial charge in [0.25, 0.3) is 0 Å². The topological polar surface area (TPSA) is 76.1 Å². The van der Waals surface area contributed by atoms with E-state index in [1.165, 1.54) is 0 Å². The third-order valence-electron chi connectivity index (χ3n) is 2.92. The summed E-state index contributed by atoms with van der Waals surface area (Å²) in [5.74, 6) is 0.865. The number of aromatic nitrogens is 2. The van der Waals surface area contributed by atoms with Crippen LogP contribution in [0.15, 0.2) is 30.3 Å². The second-order valence-electron chi connectivity index (χ2n) is 5.79. The van der Waals surface area contributed by atoms with Crippen molar-refractivity contribution in [1.29, 1.82) is 0 Å². The third kappa shape index (κ3) is 5.58. The molecule has 0 aliphatic heterocycles. The van der Waals surface area contributed by atoms with Gasteiger partial charge in [0, 0.05) is 22.8 Å². The molecule has 0 saturated carbocycles. The van der Waals surface area contributed by atoms with Crippen molar-refractivity contribution in [3.05, 3.63) is 41.7 Å². The average Bonchev–Trinajstić information content (AvgIpc) is 2.46. The number of rotatable bonds is 5. The molecule has 2 N–H and O–H groups in total. The van der Waals surface area contributed by atoms with Gasteiger partial charge in [0.05, 0.1) is 6.61 Å². The highest BCUT2D eigenvalue weighted by Crippen LogP contribution is 2.17. The lowest BCUT2D eigenvalue weighted by Gasteiger charge is -2.10. The number of carbonyl (C=O) groups excluding carboxylic acids is 1. The molecule has 23 heavy (non-hydrogen) atoms. The van der Waals surface area contributed by atoms with E-state index in [0.717, 1.165) is 17.1 Å². The predicted octanol–water partition coefficient (Wildman–Crippen LogP) is 4.04. The summed E-state index contributed by atoms with van der Waals surface area (Å²) in [5.41, 5.74) is 3.33. The summed E-state index contributed by atoms with van der Waals surface area (Å²) in [6, 6.07) is 9.20. The molecular formula is C17H22N4O2. The zero-order chi connectivity index (χ0) is 16.8. The van der Waals surface area contributed by atoms with Crippen LogP contribution in [-0.4, -0.2) is 22.7 Å². The molecule has 1 amide bonds. The predicted molar refractivity (Wildman–Crippen MR) is 91.0 cm³/mol. The largest absolute Gasteiger partial charge is 0.449 e. The average molecular weight is 314 g/mol. The first-order valence-corrected chi connectivity index (χ1v) is 7.55. The van der Waals surface area contributed by atoms with Crippen molar-refractivity contribution in [1.82, 2.24) is 9.97 Å². The van der Waals surface area contributed by atoms with E-state index in [2.05, 4.69) is 20.6 Å². The van der Waals surface area contributed by atoms with Crippen LogP contribution < -0.4 is 10.6 Å². The Kier molecular flexibility index (Phi) is 5.51. The second-order valence-corrected chi connectivity index (χ2v) is 5.79. The van der Waals surface area contributed by atoms with Crippen molar-refractivity contribution in [2.24, 2.45) is 5.92 Å². The van der Waals surface area contributed by atoms with Crippen molar-refractivity contribution in [3.8, 4) is 0 Å². The Hall–Kier alpha value is -2.63. The molecule has 0 aliphatic carbocycles. The molecule has 0 saturated heterocycles. The Balaban J connectivity index is 1.95. The van der Waals surface area contributed by atoms with Crippen LogP contribution in [0.1, 0.15) is 25.2 Å². The summed E-state index contributed by atoms with van der Waals surface area (Å²) >= 11 is 0. The number of nitrogens with zero attached hydrogens (tertiary/aromatic N) is 2. The number of anilines is 3. The van der Waals surface area contributed by atoms with Gasteiger partial charge in [0.2, 0.25) is 5.95 Å². The highest BCUT2D eigenvalue weighted by atomic mass is 16.5. The first-order valence-electron chi connectivity index (χ1n) is 7.55. The SMILES string of the molecule is Cc1cc(C)nc(Nc2ccc(NC(=O)OCC(C)C)cc2)n1. The zero-order valence-electron chi connectivity index (χ0n) is 13.9. The van der Waals surface area contributed by atoms with Gasteiger partial charge in [-0.2, -0.15) is 0 Å². The molecule has 0 spiro atoms. The molecule has 0 atom stereocenters. The maximum atomic E-state index is 11.6. The Morgan fingerprint density at radius 3 is 2.22 bits per heavy atom. The summed E-state index contributed by atoms with van der Waals surface area (Å²) in [6.45, 7) is 8.23. The number of ether oxygens (including phenoxy) is 1. The van der Waals surface area contributed by atoms with Gasteiger partial charge in [-0.25, -0.2) is 14.8 Å². The summed E-state index contributed by atoms with van der Waals surface area (Å²) in [4.78, 5) is 20.3. The molecule has 6 heteroatoms. The fraction of sp³-hybridized carbons (Fsp3) is 0.353. The smallest absolute Gasteiger partial charge is 0.411 e. The van der Waals surface area contributed by atoms with Gasteiger partial charge in [-0.3, -0.25) is 5.32 Å². The van der Waals surface area contributed by atoms with Gasteiger partial charge < -0.3 is 10.1 Å². The van der Waals surface area contributed by atoms with E-state index in [-0.39, 0.29) is 0 Å². The molecule has 0 fully saturated rings. The van der Waals surface area contributed by atoms with Crippen LogP contribution in [-0.2, 0) is 4.74 Å². The van der Waals surface area contributed by atoms with Crippen LogP contribution in [0, 0.1) is 19.8 Å². The quantitative estimate of drug-likeness (QED) is 0.871. The summed E-state index contributed by atoms with van der Waals surface area (Å²) in [6.07, 6.45) is -0.447. The van der Waals surface area contributed by atoms with E-state index in [0.29, 0.717) is 24.2 Å². The molecule has 2 rings (SSSR count). The second kappa shape index (κ2) is 7.58. The van der Waals surface area contributed by atoms with E-state index < -0.39 is 6.09 Å². The van der Waals surface area contributed by atoms with E-state index in [1.807, 2.05) is 45.9 Å². The van der Waals surface area contributed by atoms with E-state index >= 15 is 0 Å². The number of carbonyl (C=O) groups is 1. The van der Waals surface area contributed by atoms with Gasteiger partial charge in [-0.05, 0) is 50.1 Å². The van der Waals surface area contributed by atoms with Crippen molar-refractivity contribution in [3.63, 3.8) is 0 Å². The van der Waals surface area contributed by atoms with E-state index in [4.69, 9.17) is 4.74 Å². The molecule has 1 heterocycles. The molecule has 1 aromatic heterocycles. The molecular weight excluding hydrogens is 292 g/mol. The Morgan fingerprint density at radius 2 is 1.65 bits per heavy atom. The Bertz CT molecular complexity index is 649. The number of hydrogen-bond acceptors (Lipinski definition) is 5. The summed E-state index contributed by atoms with van der Waals surface area (Å²) < 4.78 is 5.07. The minimum atomic E-state index is -0.447. The minimum absolute atomic E-state index is 0.310. The molecule has 6 nitrogen and oxygen atoms in total. The normalized spacial score (nSPS) is 10.5. The van der Waals surface area contributed by atoms with Crippen LogP contribution in [0.3, 0.4) is 0 Å². The van der Waals surface area contributed by atoms with Crippen LogP contribution in [0.2, 0.25) is 0 Å². The van der Waals surface area contributed by atoms with Crippen LogP contribution in [0.4, 0.5) is 22.1 Å². The number of nitrogens with one attached hydrogen (secondary N) is 2. The first kappa shape index (κ1) is 16.7. The maximum Gasteiger partial charge on any atom is 0.411 e. The zero-order valence-corrected chi connectivity index (χ0v) is 13.9. The van der Waals surface area contributed by atoms with E-state index in [1.54, 1.807) is 12.1 Å². The molecule has 0 bridgehead atoms. The van der Waals surface area contributed by atoms with Crippen molar-refractivity contribution < 1.29 is 9.53 Å². The molecule has 0 aliphatic rings.